The molecular weight excluding hydrogens is 420 g/mol. The van der Waals surface area contributed by atoms with E-state index in [1.54, 1.807) is 35.6 Å². The van der Waals surface area contributed by atoms with E-state index < -0.39 is 0 Å². The normalized spacial score (nSPS) is 14.4. The van der Waals surface area contributed by atoms with Crippen molar-refractivity contribution in [2.45, 2.75) is 6.92 Å². The van der Waals surface area contributed by atoms with Crippen molar-refractivity contribution >= 4 is 45.9 Å². The molecule has 4 rings (SSSR count). The largest absolute Gasteiger partial charge is 0.379 e. The van der Waals surface area contributed by atoms with Crippen molar-refractivity contribution in [2.24, 2.45) is 0 Å². The van der Waals surface area contributed by atoms with Crippen molar-refractivity contribution in [3.05, 3.63) is 51.7 Å². The Hall–Kier alpha value is -2.59. The van der Waals surface area contributed by atoms with Gasteiger partial charge in [0.1, 0.15) is 9.88 Å². The van der Waals surface area contributed by atoms with E-state index >= 15 is 0 Å². The van der Waals surface area contributed by atoms with Crippen LogP contribution in [-0.2, 0) is 9.53 Å². The smallest absolute Gasteiger partial charge is 0.267 e. The van der Waals surface area contributed by atoms with Crippen LogP contribution in [0, 0.1) is 6.92 Å². The maximum atomic E-state index is 12.7. The number of ether oxygens (including phenoxy) is 1. The Balaban J connectivity index is 1.34. The molecule has 1 saturated heterocycles. The van der Waals surface area contributed by atoms with Crippen molar-refractivity contribution in [1.29, 1.82) is 0 Å². The SMILES string of the molecule is Cc1nc(-c2ccsc2)sc1C(=O)Nc1ccc(NC(=O)CN2CCOCC2)cc1. The first kappa shape index (κ1) is 20.7. The molecule has 0 atom stereocenters. The third kappa shape index (κ3) is 5.11. The first-order valence-electron chi connectivity index (χ1n) is 9.60. The number of amides is 2. The highest BCUT2D eigenvalue weighted by molar-refractivity contribution is 7.17. The van der Waals surface area contributed by atoms with Crippen molar-refractivity contribution in [2.75, 3.05) is 43.5 Å². The van der Waals surface area contributed by atoms with E-state index in [0.29, 0.717) is 41.7 Å². The molecule has 1 aliphatic rings. The molecule has 0 radical (unpaired) electrons. The summed E-state index contributed by atoms with van der Waals surface area (Å²) in [7, 11) is 0. The predicted molar refractivity (Wildman–Crippen MR) is 120 cm³/mol. The lowest BCUT2D eigenvalue weighted by molar-refractivity contribution is -0.118. The number of thiophene rings is 1. The van der Waals surface area contributed by atoms with Crippen LogP contribution in [0.25, 0.3) is 10.6 Å². The number of nitrogens with one attached hydrogen (secondary N) is 2. The molecule has 1 aliphatic heterocycles. The zero-order chi connectivity index (χ0) is 20.9. The summed E-state index contributed by atoms with van der Waals surface area (Å²) in [5.41, 5.74) is 3.10. The number of thiazole rings is 1. The van der Waals surface area contributed by atoms with Gasteiger partial charge in [0.25, 0.3) is 5.91 Å². The van der Waals surface area contributed by atoms with Gasteiger partial charge in [0.2, 0.25) is 5.91 Å². The summed E-state index contributed by atoms with van der Waals surface area (Å²) in [6.07, 6.45) is 0. The molecule has 0 saturated carbocycles. The summed E-state index contributed by atoms with van der Waals surface area (Å²) in [6.45, 7) is 5.05. The van der Waals surface area contributed by atoms with Crippen LogP contribution in [0.3, 0.4) is 0 Å². The minimum absolute atomic E-state index is 0.0602. The Kier molecular flexibility index (Phi) is 6.53. The van der Waals surface area contributed by atoms with Gasteiger partial charge < -0.3 is 15.4 Å². The summed E-state index contributed by atoms with van der Waals surface area (Å²) in [5.74, 6) is -0.245. The standard InChI is InChI=1S/C21H22N4O3S2/c1-14-19(30-21(22-14)15-6-11-29-13-15)20(27)24-17-4-2-16(3-5-17)23-18(26)12-25-7-9-28-10-8-25/h2-6,11,13H,7-10,12H2,1H3,(H,23,26)(H,24,27). The number of hydrogen-bond acceptors (Lipinski definition) is 7. The Morgan fingerprint density at radius 3 is 2.47 bits per heavy atom. The Bertz CT molecular complexity index is 1010. The summed E-state index contributed by atoms with van der Waals surface area (Å²) in [5, 5.41) is 10.6. The first-order chi connectivity index (χ1) is 14.6. The Morgan fingerprint density at radius 2 is 1.80 bits per heavy atom. The molecule has 3 aromatic rings. The van der Waals surface area contributed by atoms with Gasteiger partial charge in [-0.2, -0.15) is 11.3 Å². The monoisotopic (exact) mass is 442 g/mol. The number of benzene rings is 1. The van der Waals surface area contributed by atoms with Crippen molar-refractivity contribution in [1.82, 2.24) is 9.88 Å². The second-order valence-corrected chi connectivity index (χ2v) is 8.69. The van der Waals surface area contributed by atoms with Gasteiger partial charge in [0, 0.05) is 35.4 Å². The number of morpholine rings is 1. The third-order valence-electron chi connectivity index (χ3n) is 4.67. The van der Waals surface area contributed by atoms with Gasteiger partial charge in [-0.3, -0.25) is 14.5 Å². The second-order valence-electron chi connectivity index (χ2n) is 6.91. The molecule has 156 valence electrons. The molecule has 2 aromatic heterocycles. The molecule has 9 heteroatoms. The fraction of sp³-hybridized carbons (Fsp3) is 0.286. The third-order valence-corrected chi connectivity index (χ3v) is 6.56. The quantitative estimate of drug-likeness (QED) is 0.608. The fourth-order valence-corrected chi connectivity index (χ4v) is 4.78. The fourth-order valence-electron chi connectivity index (χ4n) is 3.10. The number of rotatable bonds is 6. The van der Waals surface area contributed by atoms with Crippen LogP contribution in [0.5, 0.6) is 0 Å². The highest BCUT2D eigenvalue weighted by atomic mass is 32.1. The molecule has 0 unspecified atom stereocenters. The van der Waals surface area contributed by atoms with Crippen LogP contribution in [0.1, 0.15) is 15.4 Å². The maximum absolute atomic E-state index is 12.7. The minimum atomic E-state index is -0.185. The molecule has 2 amide bonds. The van der Waals surface area contributed by atoms with Gasteiger partial charge in [-0.1, -0.05) is 0 Å². The van der Waals surface area contributed by atoms with E-state index in [9.17, 15) is 9.59 Å². The second kappa shape index (κ2) is 9.48. The molecule has 0 spiro atoms. The van der Waals surface area contributed by atoms with Crippen LogP contribution in [-0.4, -0.2) is 54.5 Å². The van der Waals surface area contributed by atoms with E-state index in [2.05, 4.69) is 20.5 Å². The number of nitrogens with zero attached hydrogens (tertiary/aromatic N) is 2. The first-order valence-corrected chi connectivity index (χ1v) is 11.4. The lowest BCUT2D eigenvalue weighted by atomic mass is 10.2. The number of carbonyl (C=O) groups is 2. The summed E-state index contributed by atoms with van der Waals surface area (Å²) in [4.78, 5) is 32.1. The van der Waals surface area contributed by atoms with Crippen molar-refractivity contribution in [3.63, 3.8) is 0 Å². The van der Waals surface area contributed by atoms with Gasteiger partial charge >= 0.3 is 0 Å². The Labute approximate surface area is 182 Å². The van der Waals surface area contributed by atoms with Gasteiger partial charge in [-0.25, -0.2) is 4.98 Å². The highest BCUT2D eigenvalue weighted by Crippen LogP contribution is 2.30. The zero-order valence-electron chi connectivity index (χ0n) is 16.5. The molecule has 2 N–H and O–H groups in total. The van der Waals surface area contributed by atoms with Crippen LogP contribution < -0.4 is 10.6 Å². The molecule has 1 fully saturated rings. The van der Waals surface area contributed by atoms with Crippen LogP contribution in [0.15, 0.2) is 41.1 Å². The number of aryl methyl sites for hydroxylation is 1. The van der Waals surface area contributed by atoms with E-state index in [-0.39, 0.29) is 11.8 Å². The molecule has 0 aliphatic carbocycles. The molecule has 30 heavy (non-hydrogen) atoms. The highest BCUT2D eigenvalue weighted by Gasteiger charge is 2.17. The molecule has 1 aromatic carbocycles. The lowest BCUT2D eigenvalue weighted by Crippen LogP contribution is -2.41. The van der Waals surface area contributed by atoms with E-state index in [1.165, 1.54) is 11.3 Å². The lowest BCUT2D eigenvalue weighted by Gasteiger charge is -2.25. The number of hydrogen-bond donors (Lipinski definition) is 2. The minimum Gasteiger partial charge on any atom is -0.379 e. The number of aromatic nitrogens is 1. The molecule has 0 bridgehead atoms. The van der Waals surface area contributed by atoms with Crippen LogP contribution >= 0.6 is 22.7 Å². The zero-order valence-corrected chi connectivity index (χ0v) is 18.1. The van der Waals surface area contributed by atoms with Gasteiger partial charge in [-0.15, -0.1) is 11.3 Å². The van der Waals surface area contributed by atoms with Crippen LogP contribution in [0.4, 0.5) is 11.4 Å². The van der Waals surface area contributed by atoms with Gasteiger partial charge in [0.05, 0.1) is 25.5 Å². The maximum Gasteiger partial charge on any atom is 0.267 e. The van der Waals surface area contributed by atoms with Crippen molar-refractivity contribution < 1.29 is 14.3 Å². The predicted octanol–water partition coefficient (Wildman–Crippen LogP) is 3.70. The van der Waals surface area contributed by atoms with Crippen LogP contribution in [0.2, 0.25) is 0 Å². The summed E-state index contributed by atoms with van der Waals surface area (Å²) < 4.78 is 5.29. The Morgan fingerprint density at radius 1 is 1.10 bits per heavy atom. The average molecular weight is 443 g/mol. The molecule has 3 heterocycles. The van der Waals surface area contributed by atoms with Crippen molar-refractivity contribution in [3.8, 4) is 10.6 Å². The average Bonchev–Trinajstić information content (AvgIpc) is 3.40. The van der Waals surface area contributed by atoms with Gasteiger partial charge in [-0.05, 0) is 42.6 Å². The molecular formula is C21H22N4O3S2. The number of carbonyl (C=O) groups excluding carboxylic acids is 2. The topological polar surface area (TPSA) is 83.6 Å². The molecule has 7 nitrogen and oxygen atoms in total. The number of anilines is 2. The van der Waals surface area contributed by atoms with E-state index in [4.69, 9.17) is 4.74 Å². The van der Waals surface area contributed by atoms with E-state index in [1.807, 2.05) is 23.8 Å². The summed E-state index contributed by atoms with van der Waals surface area (Å²) in [6, 6.07) is 9.11. The summed E-state index contributed by atoms with van der Waals surface area (Å²) >= 11 is 2.99. The van der Waals surface area contributed by atoms with Gasteiger partial charge in [0.15, 0.2) is 0 Å². The van der Waals surface area contributed by atoms with E-state index in [0.717, 1.165) is 23.7 Å².